The van der Waals surface area contributed by atoms with Crippen LogP contribution < -0.4 is 5.32 Å². The molecule has 3 rings (SSSR count). The van der Waals surface area contributed by atoms with Crippen LogP contribution in [-0.4, -0.2) is 10.2 Å². The second kappa shape index (κ2) is 5.82. The van der Waals surface area contributed by atoms with Crippen LogP contribution in [0.3, 0.4) is 0 Å². The highest BCUT2D eigenvalue weighted by molar-refractivity contribution is 7.10. The van der Waals surface area contributed by atoms with E-state index in [2.05, 4.69) is 57.3 Å². The van der Waals surface area contributed by atoms with E-state index in [4.69, 9.17) is 0 Å². The molecule has 0 aliphatic heterocycles. The van der Waals surface area contributed by atoms with E-state index in [0.717, 1.165) is 12.2 Å². The van der Waals surface area contributed by atoms with Crippen molar-refractivity contribution in [2.24, 2.45) is 0 Å². The molecule has 0 saturated carbocycles. The number of thiophene rings is 1. The van der Waals surface area contributed by atoms with E-state index in [1.54, 1.807) is 17.5 Å². The second-order valence-electron chi connectivity index (χ2n) is 4.32. The molecule has 4 heteroatoms. The summed E-state index contributed by atoms with van der Waals surface area (Å²) < 4.78 is 0. The van der Waals surface area contributed by atoms with Gasteiger partial charge < -0.3 is 0 Å². The number of aromatic amines is 1. The fourth-order valence-electron chi connectivity index (χ4n) is 2.08. The van der Waals surface area contributed by atoms with Crippen molar-refractivity contribution < 1.29 is 0 Å². The first kappa shape index (κ1) is 12.1. The summed E-state index contributed by atoms with van der Waals surface area (Å²) in [6.07, 6.45) is 1.78. The minimum absolute atomic E-state index is 0.226. The Morgan fingerprint density at radius 2 is 2.00 bits per heavy atom. The highest BCUT2D eigenvalue weighted by Gasteiger charge is 2.14. The summed E-state index contributed by atoms with van der Waals surface area (Å²) in [7, 11) is 0. The molecule has 0 bridgehead atoms. The summed E-state index contributed by atoms with van der Waals surface area (Å²) in [4.78, 5) is 1.32. The summed E-state index contributed by atoms with van der Waals surface area (Å²) >= 11 is 1.77. The summed E-state index contributed by atoms with van der Waals surface area (Å²) in [5, 5.41) is 12.6. The fraction of sp³-hybridized carbons (Fsp3) is 0.133. The van der Waals surface area contributed by atoms with Gasteiger partial charge in [0.15, 0.2) is 0 Å². The Balaban J connectivity index is 1.81. The first-order valence-corrected chi connectivity index (χ1v) is 7.11. The molecule has 1 aromatic carbocycles. The highest BCUT2D eigenvalue weighted by Crippen LogP contribution is 2.26. The molecule has 2 heterocycles. The quantitative estimate of drug-likeness (QED) is 0.745. The van der Waals surface area contributed by atoms with Gasteiger partial charge in [-0.25, -0.2) is 0 Å². The van der Waals surface area contributed by atoms with Crippen LogP contribution in [0.25, 0.3) is 0 Å². The third-order valence-electron chi connectivity index (χ3n) is 3.02. The molecule has 2 N–H and O–H groups in total. The average molecular weight is 269 g/mol. The minimum Gasteiger partial charge on any atom is -0.300 e. The van der Waals surface area contributed by atoms with Gasteiger partial charge in [-0.1, -0.05) is 36.4 Å². The predicted molar refractivity (Wildman–Crippen MR) is 78.0 cm³/mol. The molecule has 0 amide bonds. The highest BCUT2D eigenvalue weighted by atomic mass is 32.1. The summed E-state index contributed by atoms with van der Waals surface area (Å²) in [5.74, 6) is 0. The standard InChI is InChI=1S/C15H15N3S/c1-2-5-12(6-3-1)15(14-7-4-10-19-14)16-11-13-8-9-17-18-13/h1-10,15-16H,11H2,(H,17,18). The van der Waals surface area contributed by atoms with Gasteiger partial charge in [-0.15, -0.1) is 11.3 Å². The van der Waals surface area contributed by atoms with Crippen LogP contribution in [0.15, 0.2) is 60.1 Å². The predicted octanol–water partition coefficient (Wildman–Crippen LogP) is 3.35. The molecule has 19 heavy (non-hydrogen) atoms. The van der Waals surface area contributed by atoms with Crippen molar-refractivity contribution in [3.63, 3.8) is 0 Å². The van der Waals surface area contributed by atoms with E-state index < -0.39 is 0 Å². The zero-order valence-electron chi connectivity index (χ0n) is 10.4. The number of hydrogen-bond acceptors (Lipinski definition) is 3. The lowest BCUT2D eigenvalue weighted by atomic mass is 10.1. The first-order chi connectivity index (χ1) is 9.43. The fourth-order valence-corrected chi connectivity index (χ4v) is 2.91. The molecule has 96 valence electrons. The normalized spacial score (nSPS) is 12.4. The monoisotopic (exact) mass is 269 g/mol. The van der Waals surface area contributed by atoms with E-state index in [9.17, 15) is 0 Å². The van der Waals surface area contributed by atoms with Gasteiger partial charge in [0.1, 0.15) is 0 Å². The van der Waals surface area contributed by atoms with Gasteiger partial charge in [-0.3, -0.25) is 10.4 Å². The van der Waals surface area contributed by atoms with Gasteiger partial charge in [0.2, 0.25) is 0 Å². The van der Waals surface area contributed by atoms with Crippen LogP contribution in [0, 0.1) is 0 Å². The molecule has 0 aliphatic rings. The lowest BCUT2D eigenvalue weighted by molar-refractivity contribution is 0.603. The summed E-state index contributed by atoms with van der Waals surface area (Å²) in [5.41, 5.74) is 2.38. The van der Waals surface area contributed by atoms with Crippen LogP contribution >= 0.6 is 11.3 Å². The van der Waals surface area contributed by atoms with Crippen LogP contribution in [0.1, 0.15) is 22.2 Å². The lowest BCUT2D eigenvalue weighted by Crippen LogP contribution is -2.21. The number of aromatic nitrogens is 2. The number of rotatable bonds is 5. The Hall–Kier alpha value is -1.91. The van der Waals surface area contributed by atoms with E-state index in [1.165, 1.54) is 10.4 Å². The van der Waals surface area contributed by atoms with E-state index in [1.807, 2.05) is 12.1 Å². The van der Waals surface area contributed by atoms with Crippen molar-refractivity contribution in [3.8, 4) is 0 Å². The largest absolute Gasteiger partial charge is 0.300 e. The van der Waals surface area contributed by atoms with Gasteiger partial charge in [0, 0.05) is 23.3 Å². The lowest BCUT2D eigenvalue weighted by Gasteiger charge is -2.17. The summed E-state index contributed by atoms with van der Waals surface area (Å²) in [6.45, 7) is 0.775. The summed E-state index contributed by atoms with van der Waals surface area (Å²) in [6, 6.07) is 17.0. The second-order valence-corrected chi connectivity index (χ2v) is 5.30. The van der Waals surface area contributed by atoms with Crippen LogP contribution in [-0.2, 0) is 6.54 Å². The van der Waals surface area contributed by atoms with Gasteiger partial charge in [-0.05, 0) is 23.1 Å². The molecular weight excluding hydrogens is 254 g/mol. The Morgan fingerprint density at radius 1 is 1.11 bits per heavy atom. The van der Waals surface area contributed by atoms with Crippen molar-refractivity contribution in [3.05, 3.63) is 76.2 Å². The number of benzene rings is 1. The molecule has 0 spiro atoms. The maximum absolute atomic E-state index is 3.97. The van der Waals surface area contributed by atoms with Crippen molar-refractivity contribution in [1.29, 1.82) is 0 Å². The van der Waals surface area contributed by atoms with Gasteiger partial charge in [-0.2, -0.15) is 5.10 Å². The van der Waals surface area contributed by atoms with E-state index in [0.29, 0.717) is 0 Å². The SMILES string of the molecule is c1ccc(C(NCc2ccn[nH]2)c2cccs2)cc1. The maximum Gasteiger partial charge on any atom is 0.0674 e. The molecule has 2 aromatic heterocycles. The van der Waals surface area contributed by atoms with E-state index in [-0.39, 0.29) is 6.04 Å². The van der Waals surface area contributed by atoms with Gasteiger partial charge >= 0.3 is 0 Å². The molecule has 1 unspecified atom stereocenters. The van der Waals surface area contributed by atoms with Crippen molar-refractivity contribution >= 4 is 11.3 Å². The third-order valence-corrected chi connectivity index (χ3v) is 3.95. The van der Waals surface area contributed by atoms with Crippen molar-refractivity contribution in [2.45, 2.75) is 12.6 Å². The Kier molecular flexibility index (Phi) is 3.72. The molecule has 0 radical (unpaired) electrons. The molecule has 0 saturated heterocycles. The molecule has 1 atom stereocenters. The van der Waals surface area contributed by atoms with Crippen LogP contribution in [0.4, 0.5) is 0 Å². The molecule has 3 nitrogen and oxygen atoms in total. The molecular formula is C15H15N3S. The smallest absolute Gasteiger partial charge is 0.0674 e. The first-order valence-electron chi connectivity index (χ1n) is 6.23. The number of nitrogens with one attached hydrogen (secondary N) is 2. The zero-order valence-corrected chi connectivity index (χ0v) is 11.2. The van der Waals surface area contributed by atoms with Crippen molar-refractivity contribution in [1.82, 2.24) is 15.5 Å². The van der Waals surface area contributed by atoms with Crippen LogP contribution in [0.5, 0.6) is 0 Å². The van der Waals surface area contributed by atoms with Crippen LogP contribution in [0.2, 0.25) is 0 Å². The Morgan fingerprint density at radius 3 is 2.68 bits per heavy atom. The Labute approximate surface area is 116 Å². The van der Waals surface area contributed by atoms with Gasteiger partial charge in [0.05, 0.1) is 6.04 Å². The third kappa shape index (κ3) is 2.92. The number of hydrogen-bond donors (Lipinski definition) is 2. The molecule has 0 aliphatic carbocycles. The number of nitrogens with zero attached hydrogens (tertiary/aromatic N) is 1. The topological polar surface area (TPSA) is 40.7 Å². The number of H-pyrrole nitrogens is 1. The zero-order chi connectivity index (χ0) is 12.9. The minimum atomic E-state index is 0.226. The van der Waals surface area contributed by atoms with Gasteiger partial charge in [0.25, 0.3) is 0 Å². The molecule has 0 fully saturated rings. The van der Waals surface area contributed by atoms with E-state index >= 15 is 0 Å². The Bertz CT molecular complexity index is 588. The molecule has 3 aromatic rings. The van der Waals surface area contributed by atoms with Crippen molar-refractivity contribution in [2.75, 3.05) is 0 Å². The average Bonchev–Trinajstić information content (AvgIpc) is 3.13. The maximum atomic E-state index is 3.97.